The molecule has 7 heteroatoms. The normalized spacial score (nSPS) is 16.1. The zero-order chi connectivity index (χ0) is 24.1. The van der Waals surface area contributed by atoms with Crippen molar-refractivity contribution in [3.05, 3.63) is 84.4 Å². The van der Waals surface area contributed by atoms with Gasteiger partial charge in [0, 0.05) is 24.2 Å². The van der Waals surface area contributed by atoms with E-state index in [1.165, 1.54) is 0 Å². The third-order valence-corrected chi connectivity index (χ3v) is 5.62. The van der Waals surface area contributed by atoms with E-state index in [4.69, 9.17) is 14.2 Å². The van der Waals surface area contributed by atoms with Crippen LogP contribution >= 0.6 is 0 Å². The Kier molecular flexibility index (Phi) is 6.92. The summed E-state index contributed by atoms with van der Waals surface area (Å²) in [6.07, 6.45) is -0.893. The molecule has 1 aliphatic heterocycles. The van der Waals surface area contributed by atoms with Crippen molar-refractivity contribution in [2.45, 2.75) is 19.4 Å². The predicted molar refractivity (Wildman–Crippen MR) is 126 cm³/mol. The van der Waals surface area contributed by atoms with Crippen LogP contribution in [-0.2, 0) is 14.3 Å². The van der Waals surface area contributed by atoms with Crippen molar-refractivity contribution in [3.63, 3.8) is 0 Å². The van der Waals surface area contributed by atoms with Crippen molar-refractivity contribution in [1.29, 1.82) is 0 Å². The van der Waals surface area contributed by atoms with Crippen molar-refractivity contribution >= 4 is 23.3 Å². The van der Waals surface area contributed by atoms with Crippen molar-refractivity contribution in [2.24, 2.45) is 5.92 Å². The van der Waals surface area contributed by atoms with E-state index >= 15 is 0 Å². The number of ketones is 1. The van der Waals surface area contributed by atoms with E-state index in [0.717, 1.165) is 0 Å². The summed E-state index contributed by atoms with van der Waals surface area (Å²) in [5.41, 5.74) is 1.13. The number of hydrogen-bond acceptors (Lipinski definition) is 6. The second kappa shape index (κ2) is 10.2. The molecule has 2 atom stereocenters. The standard InChI is InChI=1S/C27H25NO6/c1-18(26(30)19-8-4-3-5-9-19)33-27(31)20-16-25(29)28(17-20)21-12-14-22(15-13-21)34-24-11-7-6-10-23(24)32-2/h3-15,18,20H,16-17H2,1-2H3/t18-,20-/m1/s1. The molecule has 34 heavy (non-hydrogen) atoms. The number of nitrogens with zero attached hydrogens (tertiary/aromatic N) is 1. The monoisotopic (exact) mass is 459 g/mol. The molecule has 0 aromatic heterocycles. The Morgan fingerprint density at radius 2 is 1.56 bits per heavy atom. The van der Waals surface area contributed by atoms with E-state index < -0.39 is 18.0 Å². The minimum atomic E-state index is -0.925. The quantitative estimate of drug-likeness (QED) is 0.360. The Balaban J connectivity index is 1.37. The molecule has 174 valence electrons. The number of Topliss-reactive ketones (excluding diaryl/α,β-unsaturated/α-hetero) is 1. The molecule has 0 N–H and O–H groups in total. The number of rotatable bonds is 8. The summed E-state index contributed by atoms with van der Waals surface area (Å²) >= 11 is 0. The highest BCUT2D eigenvalue weighted by molar-refractivity contribution is 6.02. The van der Waals surface area contributed by atoms with E-state index in [-0.39, 0.29) is 24.7 Å². The average molecular weight is 459 g/mol. The van der Waals surface area contributed by atoms with E-state index in [2.05, 4.69) is 0 Å². The first-order valence-corrected chi connectivity index (χ1v) is 11.0. The number of benzene rings is 3. The van der Waals surface area contributed by atoms with Gasteiger partial charge >= 0.3 is 5.97 Å². The topological polar surface area (TPSA) is 82.1 Å². The van der Waals surface area contributed by atoms with Gasteiger partial charge in [-0.2, -0.15) is 0 Å². The Labute approximate surface area is 197 Å². The maximum Gasteiger partial charge on any atom is 0.312 e. The Morgan fingerprint density at radius 1 is 0.912 bits per heavy atom. The first kappa shape index (κ1) is 23.0. The molecule has 0 aliphatic carbocycles. The van der Waals surface area contributed by atoms with E-state index in [1.807, 2.05) is 18.2 Å². The summed E-state index contributed by atoms with van der Waals surface area (Å²) in [5.74, 6) is 0.138. The van der Waals surface area contributed by atoms with Gasteiger partial charge < -0.3 is 19.1 Å². The first-order chi connectivity index (χ1) is 16.5. The lowest BCUT2D eigenvalue weighted by atomic mass is 10.1. The van der Waals surface area contributed by atoms with Gasteiger partial charge in [0.05, 0.1) is 13.0 Å². The van der Waals surface area contributed by atoms with Gasteiger partial charge in [0.2, 0.25) is 11.7 Å². The maximum absolute atomic E-state index is 12.6. The molecule has 0 unspecified atom stereocenters. The number of para-hydroxylation sites is 2. The fourth-order valence-electron chi connectivity index (χ4n) is 3.80. The SMILES string of the molecule is COc1ccccc1Oc1ccc(N2C[C@H](C(=O)O[C@H](C)C(=O)c3ccccc3)CC2=O)cc1. The molecule has 1 fully saturated rings. The molecule has 7 nitrogen and oxygen atoms in total. The molecule has 0 bridgehead atoms. The lowest BCUT2D eigenvalue weighted by Gasteiger charge is -2.18. The number of esters is 1. The molecular formula is C27H25NO6. The molecule has 1 aliphatic rings. The zero-order valence-corrected chi connectivity index (χ0v) is 19.0. The maximum atomic E-state index is 12.6. The fraction of sp³-hybridized carbons (Fsp3) is 0.222. The average Bonchev–Trinajstić information content (AvgIpc) is 3.26. The smallest absolute Gasteiger partial charge is 0.312 e. The molecule has 0 spiro atoms. The Morgan fingerprint density at radius 3 is 2.24 bits per heavy atom. The van der Waals surface area contributed by atoms with Crippen molar-refractivity contribution in [3.8, 4) is 17.2 Å². The van der Waals surface area contributed by atoms with Crippen LogP contribution in [0.2, 0.25) is 0 Å². The van der Waals surface area contributed by atoms with Gasteiger partial charge in [-0.05, 0) is 43.3 Å². The molecule has 3 aromatic carbocycles. The van der Waals surface area contributed by atoms with Crippen LogP contribution in [0, 0.1) is 5.92 Å². The number of methoxy groups -OCH3 is 1. The first-order valence-electron chi connectivity index (χ1n) is 11.0. The lowest BCUT2D eigenvalue weighted by molar-refractivity contribution is -0.151. The summed E-state index contributed by atoms with van der Waals surface area (Å²) in [7, 11) is 1.57. The number of hydrogen-bond donors (Lipinski definition) is 0. The van der Waals surface area contributed by atoms with Gasteiger partial charge in [-0.15, -0.1) is 0 Å². The summed E-state index contributed by atoms with van der Waals surface area (Å²) in [6, 6.07) is 23.0. The minimum Gasteiger partial charge on any atom is -0.493 e. The Hall–Kier alpha value is -4.13. The summed E-state index contributed by atoms with van der Waals surface area (Å²) in [6.45, 7) is 1.73. The van der Waals surface area contributed by atoms with Gasteiger partial charge in [-0.25, -0.2) is 0 Å². The van der Waals surface area contributed by atoms with Crippen LogP contribution in [0.25, 0.3) is 0 Å². The third-order valence-electron chi connectivity index (χ3n) is 5.62. The molecule has 0 radical (unpaired) electrons. The van der Waals surface area contributed by atoms with Gasteiger partial charge in [-0.3, -0.25) is 14.4 Å². The summed E-state index contributed by atoms with van der Waals surface area (Å²) in [5, 5.41) is 0. The van der Waals surface area contributed by atoms with Crippen molar-refractivity contribution in [1.82, 2.24) is 0 Å². The van der Waals surface area contributed by atoms with Gasteiger partial charge in [-0.1, -0.05) is 42.5 Å². The van der Waals surface area contributed by atoms with Crippen LogP contribution in [0.1, 0.15) is 23.7 Å². The van der Waals surface area contributed by atoms with Crippen LogP contribution in [0.5, 0.6) is 17.2 Å². The summed E-state index contributed by atoms with van der Waals surface area (Å²) < 4.78 is 16.6. The molecule has 1 heterocycles. The van der Waals surface area contributed by atoms with E-state index in [0.29, 0.717) is 28.5 Å². The number of anilines is 1. The highest BCUT2D eigenvalue weighted by Crippen LogP contribution is 2.33. The number of carbonyl (C=O) groups excluding carboxylic acids is 3. The minimum absolute atomic E-state index is 0.0323. The molecule has 4 rings (SSSR count). The van der Waals surface area contributed by atoms with E-state index in [1.54, 1.807) is 79.6 Å². The highest BCUT2D eigenvalue weighted by Gasteiger charge is 2.37. The second-order valence-electron chi connectivity index (χ2n) is 7.96. The molecule has 3 aromatic rings. The third kappa shape index (κ3) is 5.09. The van der Waals surface area contributed by atoms with Gasteiger partial charge in [0.1, 0.15) is 5.75 Å². The predicted octanol–water partition coefficient (Wildman–Crippen LogP) is 4.66. The lowest BCUT2D eigenvalue weighted by Crippen LogP contribution is -2.30. The molecular weight excluding hydrogens is 434 g/mol. The largest absolute Gasteiger partial charge is 0.493 e. The van der Waals surface area contributed by atoms with Crippen LogP contribution < -0.4 is 14.4 Å². The molecule has 1 amide bonds. The van der Waals surface area contributed by atoms with Crippen molar-refractivity contribution in [2.75, 3.05) is 18.6 Å². The zero-order valence-electron chi connectivity index (χ0n) is 19.0. The van der Waals surface area contributed by atoms with Crippen LogP contribution in [0.15, 0.2) is 78.9 Å². The van der Waals surface area contributed by atoms with Gasteiger partial charge in [0.15, 0.2) is 17.6 Å². The fourth-order valence-corrected chi connectivity index (χ4v) is 3.80. The molecule has 1 saturated heterocycles. The Bertz CT molecular complexity index is 1180. The molecule has 0 saturated carbocycles. The summed E-state index contributed by atoms with van der Waals surface area (Å²) in [4.78, 5) is 39.3. The highest BCUT2D eigenvalue weighted by atomic mass is 16.5. The van der Waals surface area contributed by atoms with Crippen molar-refractivity contribution < 1.29 is 28.6 Å². The van der Waals surface area contributed by atoms with Crippen LogP contribution in [-0.4, -0.2) is 37.4 Å². The second-order valence-corrected chi connectivity index (χ2v) is 7.96. The van der Waals surface area contributed by atoms with Crippen LogP contribution in [0.3, 0.4) is 0 Å². The van der Waals surface area contributed by atoms with Crippen LogP contribution in [0.4, 0.5) is 5.69 Å². The number of amides is 1. The number of carbonyl (C=O) groups is 3. The number of ether oxygens (including phenoxy) is 3. The van der Waals surface area contributed by atoms with Gasteiger partial charge in [0.25, 0.3) is 0 Å². The van der Waals surface area contributed by atoms with E-state index in [9.17, 15) is 14.4 Å².